The largest absolute Gasteiger partial charge is 0.497 e. The van der Waals surface area contributed by atoms with Gasteiger partial charge in [-0.1, -0.05) is 35.3 Å². The standard InChI is InChI=1S/C23H18Cl2N2O2/c1-28-18-8-5-14(6-9-18)20-13-21-19-12-17(25)7-10-22(19)29-23(27(21)26-20)15-3-2-4-16(24)11-15/h2-12,21,23H,13H2,1H3/t21-,23-/m1/s1. The van der Waals surface area contributed by atoms with Gasteiger partial charge in [0.25, 0.3) is 0 Å². The first-order chi connectivity index (χ1) is 14.1. The van der Waals surface area contributed by atoms with Crippen LogP contribution in [0.5, 0.6) is 11.5 Å². The third kappa shape index (κ3) is 3.33. The monoisotopic (exact) mass is 424 g/mol. The van der Waals surface area contributed by atoms with E-state index < -0.39 is 0 Å². The molecule has 29 heavy (non-hydrogen) atoms. The van der Waals surface area contributed by atoms with Crippen LogP contribution < -0.4 is 9.47 Å². The van der Waals surface area contributed by atoms with Gasteiger partial charge in [-0.2, -0.15) is 5.10 Å². The summed E-state index contributed by atoms with van der Waals surface area (Å²) in [6.45, 7) is 0. The molecule has 4 nitrogen and oxygen atoms in total. The average Bonchev–Trinajstić information content (AvgIpc) is 3.19. The van der Waals surface area contributed by atoms with Crippen molar-refractivity contribution in [2.75, 3.05) is 7.11 Å². The van der Waals surface area contributed by atoms with Crippen molar-refractivity contribution >= 4 is 28.9 Å². The van der Waals surface area contributed by atoms with Gasteiger partial charge in [-0.15, -0.1) is 0 Å². The zero-order valence-corrected chi connectivity index (χ0v) is 17.2. The molecule has 6 heteroatoms. The Morgan fingerprint density at radius 3 is 2.55 bits per heavy atom. The number of nitrogens with zero attached hydrogens (tertiary/aromatic N) is 2. The molecule has 3 aromatic rings. The third-order valence-electron chi connectivity index (χ3n) is 5.31. The second kappa shape index (κ2) is 7.29. The van der Waals surface area contributed by atoms with E-state index >= 15 is 0 Å². The highest BCUT2D eigenvalue weighted by Crippen LogP contribution is 2.48. The molecule has 146 valence electrons. The lowest BCUT2D eigenvalue weighted by Crippen LogP contribution is -2.33. The molecular weight excluding hydrogens is 407 g/mol. The van der Waals surface area contributed by atoms with E-state index in [0.717, 1.165) is 40.3 Å². The van der Waals surface area contributed by atoms with Crippen molar-refractivity contribution in [2.45, 2.75) is 18.7 Å². The predicted molar refractivity (Wildman–Crippen MR) is 115 cm³/mol. The van der Waals surface area contributed by atoms with Gasteiger partial charge < -0.3 is 9.47 Å². The van der Waals surface area contributed by atoms with Crippen LogP contribution >= 0.6 is 23.2 Å². The molecule has 0 unspecified atom stereocenters. The minimum absolute atomic E-state index is 0.0403. The number of hydrogen-bond acceptors (Lipinski definition) is 4. The van der Waals surface area contributed by atoms with Gasteiger partial charge in [-0.3, -0.25) is 0 Å². The van der Waals surface area contributed by atoms with Crippen molar-refractivity contribution in [3.63, 3.8) is 0 Å². The third-order valence-corrected chi connectivity index (χ3v) is 5.78. The first-order valence-electron chi connectivity index (χ1n) is 9.34. The fourth-order valence-electron chi connectivity index (χ4n) is 3.90. The molecule has 0 radical (unpaired) electrons. The van der Waals surface area contributed by atoms with Crippen LogP contribution in [0.3, 0.4) is 0 Å². The second-order valence-electron chi connectivity index (χ2n) is 7.08. The highest BCUT2D eigenvalue weighted by atomic mass is 35.5. The summed E-state index contributed by atoms with van der Waals surface area (Å²) in [6.07, 6.45) is 0.406. The normalized spacial score (nSPS) is 19.8. The molecule has 2 aliphatic heterocycles. The fourth-order valence-corrected chi connectivity index (χ4v) is 4.28. The quantitative estimate of drug-likeness (QED) is 0.498. The van der Waals surface area contributed by atoms with E-state index in [-0.39, 0.29) is 12.3 Å². The lowest BCUT2D eigenvalue weighted by atomic mass is 9.96. The zero-order chi connectivity index (χ0) is 20.0. The summed E-state index contributed by atoms with van der Waals surface area (Å²) >= 11 is 12.5. The van der Waals surface area contributed by atoms with E-state index in [0.29, 0.717) is 10.0 Å². The Bertz CT molecular complexity index is 1100. The van der Waals surface area contributed by atoms with Gasteiger partial charge in [0.05, 0.1) is 18.9 Å². The maximum absolute atomic E-state index is 6.34. The molecule has 0 aromatic heterocycles. The number of ether oxygens (including phenoxy) is 2. The van der Waals surface area contributed by atoms with Gasteiger partial charge in [0.1, 0.15) is 11.5 Å². The molecule has 0 spiro atoms. The van der Waals surface area contributed by atoms with Crippen LogP contribution in [0.2, 0.25) is 10.0 Å². The van der Waals surface area contributed by atoms with Crippen LogP contribution in [-0.4, -0.2) is 17.8 Å². The summed E-state index contributed by atoms with van der Waals surface area (Å²) in [4.78, 5) is 0. The Labute approximate surface area is 179 Å². The van der Waals surface area contributed by atoms with E-state index in [1.165, 1.54) is 0 Å². The molecule has 0 saturated carbocycles. The summed E-state index contributed by atoms with van der Waals surface area (Å²) < 4.78 is 11.6. The Balaban J connectivity index is 1.58. The Hall–Kier alpha value is -2.69. The molecule has 3 aromatic carbocycles. The lowest BCUT2D eigenvalue weighted by Gasteiger charge is -2.38. The number of rotatable bonds is 3. The molecule has 2 atom stereocenters. The first-order valence-corrected chi connectivity index (χ1v) is 10.1. The molecule has 2 heterocycles. The van der Waals surface area contributed by atoms with Gasteiger partial charge in [0.2, 0.25) is 6.23 Å². The number of fused-ring (bicyclic) bond motifs is 3. The number of hydrazone groups is 1. The van der Waals surface area contributed by atoms with Gasteiger partial charge in [0, 0.05) is 27.6 Å². The minimum atomic E-state index is -0.358. The number of hydrogen-bond donors (Lipinski definition) is 0. The van der Waals surface area contributed by atoms with E-state index in [9.17, 15) is 0 Å². The summed E-state index contributed by atoms with van der Waals surface area (Å²) in [5.41, 5.74) is 4.07. The molecule has 0 saturated heterocycles. The van der Waals surface area contributed by atoms with Gasteiger partial charge in [0.15, 0.2) is 0 Å². The van der Waals surface area contributed by atoms with Crippen molar-refractivity contribution in [3.8, 4) is 11.5 Å². The summed E-state index contributed by atoms with van der Waals surface area (Å²) in [5, 5.41) is 8.32. The Kier molecular flexibility index (Phi) is 4.61. The molecule has 0 N–H and O–H groups in total. The van der Waals surface area contributed by atoms with Gasteiger partial charge in [-0.25, -0.2) is 5.01 Å². The smallest absolute Gasteiger partial charge is 0.213 e. The van der Waals surface area contributed by atoms with E-state index in [4.69, 9.17) is 37.8 Å². The van der Waals surface area contributed by atoms with Gasteiger partial charge in [-0.05, 0) is 60.2 Å². The maximum Gasteiger partial charge on any atom is 0.213 e. The molecule has 0 fully saturated rings. The number of benzene rings is 3. The van der Waals surface area contributed by atoms with Crippen LogP contribution in [0.4, 0.5) is 0 Å². The zero-order valence-electron chi connectivity index (χ0n) is 15.7. The molecule has 2 aliphatic rings. The molecule has 5 rings (SSSR count). The second-order valence-corrected chi connectivity index (χ2v) is 7.96. The minimum Gasteiger partial charge on any atom is -0.497 e. The highest BCUT2D eigenvalue weighted by molar-refractivity contribution is 6.31. The van der Waals surface area contributed by atoms with Crippen molar-refractivity contribution in [3.05, 3.63) is 93.5 Å². The van der Waals surface area contributed by atoms with Crippen LogP contribution in [0.1, 0.15) is 35.4 Å². The topological polar surface area (TPSA) is 34.1 Å². The molecule has 0 bridgehead atoms. The Morgan fingerprint density at radius 2 is 1.79 bits per heavy atom. The lowest BCUT2D eigenvalue weighted by molar-refractivity contribution is -0.0190. The number of halogens is 2. The fraction of sp³-hybridized carbons (Fsp3) is 0.174. The van der Waals surface area contributed by atoms with Crippen molar-refractivity contribution in [2.24, 2.45) is 5.10 Å². The SMILES string of the molecule is COc1ccc(C2=NN3[C@H](C2)c2cc(Cl)ccc2O[C@@H]3c2cccc(Cl)c2)cc1. The van der Waals surface area contributed by atoms with E-state index in [2.05, 4.69) is 0 Å². The van der Waals surface area contributed by atoms with Crippen LogP contribution in [0.15, 0.2) is 71.8 Å². The van der Waals surface area contributed by atoms with Crippen molar-refractivity contribution in [1.82, 2.24) is 5.01 Å². The van der Waals surface area contributed by atoms with Crippen LogP contribution in [-0.2, 0) is 0 Å². The van der Waals surface area contributed by atoms with Crippen molar-refractivity contribution in [1.29, 1.82) is 0 Å². The average molecular weight is 425 g/mol. The van der Waals surface area contributed by atoms with Gasteiger partial charge >= 0.3 is 0 Å². The first kappa shape index (κ1) is 18.3. The maximum atomic E-state index is 6.34. The summed E-state index contributed by atoms with van der Waals surface area (Å²) in [6, 6.07) is 21.5. The van der Waals surface area contributed by atoms with Crippen LogP contribution in [0.25, 0.3) is 0 Å². The van der Waals surface area contributed by atoms with Crippen LogP contribution in [0, 0.1) is 0 Å². The van der Waals surface area contributed by atoms with E-state index in [1.54, 1.807) is 7.11 Å². The summed E-state index contributed by atoms with van der Waals surface area (Å²) in [5.74, 6) is 1.65. The molecular formula is C23H18Cl2N2O2. The van der Waals surface area contributed by atoms with E-state index in [1.807, 2.05) is 71.7 Å². The molecule has 0 amide bonds. The predicted octanol–water partition coefficient (Wildman–Crippen LogP) is 6.24. The highest BCUT2D eigenvalue weighted by Gasteiger charge is 2.41. The number of methoxy groups -OCH3 is 1. The molecule has 0 aliphatic carbocycles. The van der Waals surface area contributed by atoms with Crippen molar-refractivity contribution < 1.29 is 9.47 Å². The Morgan fingerprint density at radius 1 is 1.00 bits per heavy atom. The summed E-state index contributed by atoms with van der Waals surface area (Å²) in [7, 11) is 1.66.